The second-order valence-electron chi connectivity index (χ2n) is 10.4. The number of ether oxygens (including phenoxy) is 2. The fourth-order valence-electron chi connectivity index (χ4n) is 6.14. The summed E-state index contributed by atoms with van der Waals surface area (Å²) in [5.74, 6) is 0.0507. The Balaban J connectivity index is 1.49. The summed E-state index contributed by atoms with van der Waals surface area (Å²) < 4.78 is 10.2. The first kappa shape index (κ1) is 26.6. The fourth-order valence-corrected chi connectivity index (χ4v) is 7.40. The summed E-state index contributed by atoms with van der Waals surface area (Å²) in [4.78, 5) is 31.5. The molecule has 2 aliphatic rings. The zero-order valence-electron chi connectivity index (χ0n) is 21.7. The smallest absolute Gasteiger partial charge is 0.257 e. The number of anilines is 1. The Morgan fingerprint density at radius 1 is 1.28 bits per heavy atom. The van der Waals surface area contributed by atoms with E-state index in [1.165, 1.54) is 16.2 Å². The van der Waals surface area contributed by atoms with Crippen LogP contribution < -0.4 is 15.4 Å². The second kappa shape index (κ2) is 10.9. The molecule has 3 N–H and O–H groups in total. The molecule has 8 nitrogen and oxygen atoms in total. The highest BCUT2D eigenvalue weighted by Gasteiger charge is 2.53. The maximum Gasteiger partial charge on any atom is 0.257 e. The van der Waals surface area contributed by atoms with Crippen LogP contribution in [0.3, 0.4) is 0 Å². The van der Waals surface area contributed by atoms with Gasteiger partial charge in [-0.25, -0.2) is 4.98 Å². The number of hydrogen-bond acceptors (Lipinski definition) is 7. The Kier molecular flexibility index (Phi) is 8.02. The lowest BCUT2D eigenvalue weighted by atomic mass is 9.53. The molecule has 0 bridgehead atoms. The number of nitrogens with one attached hydrogen (secondary N) is 2. The number of aliphatic hydroxyl groups is 1. The molecule has 2 aromatic rings. The first-order valence-electron chi connectivity index (χ1n) is 12.6. The quantitative estimate of drug-likeness (QED) is 0.461. The summed E-state index contributed by atoms with van der Waals surface area (Å²) in [6.45, 7) is 7.20. The van der Waals surface area contributed by atoms with E-state index < -0.39 is 6.10 Å². The zero-order chi connectivity index (χ0) is 26.0. The van der Waals surface area contributed by atoms with Crippen LogP contribution in [0.5, 0.6) is 5.75 Å². The molecule has 0 spiro atoms. The first-order valence-corrected chi connectivity index (χ1v) is 13.4. The third-order valence-corrected chi connectivity index (χ3v) is 9.14. The molecule has 0 unspecified atom stereocenters. The van der Waals surface area contributed by atoms with Crippen LogP contribution in [0.2, 0.25) is 0 Å². The SMILES string of the molecule is COCCNC(=O)[C@@H](C)[C@@H]1CC[C@]2(C)Cc3sc(NC(=O)c4ccc(OC)cc4)nc3[C@@H](C)[C@@H]2[C@H]1O. The van der Waals surface area contributed by atoms with Gasteiger partial charge in [0.25, 0.3) is 5.91 Å². The maximum atomic E-state index is 12.8. The van der Waals surface area contributed by atoms with Gasteiger partial charge in [-0.3, -0.25) is 14.9 Å². The summed E-state index contributed by atoms with van der Waals surface area (Å²) in [6, 6.07) is 6.96. The molecule has 2 amide bonds. The molecule has 2 aliphatic carbocycles. The summed E-state index contributed by atoms with van der Waals surface area (Å²) in [7, 11) is 3.19. The van der Waals surface area contributed by atoms with Crippen molar-refractivity contribution in [1.29, 1.82) is 0 Å². The van der Waals surface area contributed by atoms with Crippen molar-refractivity contribution in [2.75, 3.05) is 32.7 Å². The van der Waals surface area contributed by atoms with Crippen LogP contribution in [0.25, 0.3) is 0 Å². The summed E-state index contributed by atoms with van der Waals surface area (Å²) in [6.07, 6.45) is 1.94. The van der Waals surface area contributed by atoms with Crippen molar-refractivity contribution in [3.8, 4) is 5.75 Å². The fraction of sp³-hybridized carbons (Fsp3) is 0.593. The third-order valence-electron chi connectivity index (χ3n) is 8.16. The second-order valence-corrected chi connectivity index (χ2v) is 11.5. The van der Waals surface area contributed by atoms with Crippen LogP contribution in [0, 0.1) is 23.2 Å². The monoisotopic (exact) mass is 515 g/mol. The number of benzene rings is 1. The predicted molar refractivity (Wildman–Crippen MR) is 140 cm³/mol. The Hall–Kier alpha value is -2.49. The molecule has 1 aromatic heterocycles. The summed E-state index contributed by atoms with van der Waals surface area (Å²) in [5.41, 5.74) is 1.40. The van der Waals surface area contributed by atoms with Crippen LogP contribution in [-0.2, 0) is 16.0 Å². The molecule has 1 aromatic carbocycles. The lowest BCUT2D eigenvalue weighted by Gasteiger charge is -2.53. The molecule has 1 fully saturated rings. The first-order chi connectivity index (χ1) is 17.2. The van der Waals surface area contributed by atoms with E-state index in [0.29, 0.717) is 29.6 Å². The van der Waals surface area contributed by atoms with E-state index in [9.17, 15) is 14.7 Å². The van der Waals surface area contributed by atoms with Gasteiger partial charge in [0.2, 0.25) is 5.91 Å². The number of fused-ring (bicyclic) bond motifs is 2. The molecule has 6 atom stereocenters. The highest BCUT2D eigenvalue weighted by atomic mass is 32.1. The number of hydrogen-bond donors (Lipinski definition) is 3. The highest BCUT2D eigenvalue weighted by Crippen LogP contribution is 2.57. The van der Waals surface area contributed by atoms with Crippen molar-refractivity contribution >= 4 is 28.3 Å². The van der Waals surface area contributed by atoms with Crippen molar-refractivity contribution in [3.05, 3.63) is 40.4 Å². The van der Waals surface area contributed by atoms with Crippen LogP contribution in [0.15, 0.2) is 24.3 Å². The molecule has 36 heavy (non-hydrogen) atoms. The van der Waals surface area contributed by atoms with Gasteiger partial charge in [0.15, 0.2) is 5.13 Å². The Morgan fingerprint density at radius 2 is 2.00 bits per heavy atom. The average Bonchev–Trinajstić information content (AvgIpc) is 3.25. The molecule has 9 heteroatoms. The van der Waals surface area contributed by atoms with Gasteiger partial charge in [-0.1, -0.05) is 20.8 Å². The van der Waals surface area contributed by atoms with Gasteiger partial charge in [-0.05, 0) is 60.8 Å². The number of amides is 2. The molecule has 196 valence electrons. The minimum absolute atomic E-state index is 0.00906. The molecular weight excluding hydrogens is 478 g/mol. The van der Waals surface area contributed by atoms with E-state index in [2.05, 4.69) is 24.5 Å². The Labute approximate surface area is 216 Å². The van der Waals surface area contributed by atoms with Gasteiger partial charge in [-0.15, -0.1) is 11.3 Å². The lowest BCUT2D eigenvalue weighted by Crippen LogP contribution is -2.53. The van der Waals surface area contributed by atoms with Crippen molar-refractivity contribution < 1.29 is 24.2 Å². The van der Waals surface area contributed by atoms with Crippen LogP contribution in [-0.4, -0.2) is 55.4 Å². The average molecular weight is 516 g/mol. The predicted octanol–water partition coefficient (Wildman–Crippen LogP) is 3.86. The topological polar surface area (TPSA) is 110 Å². The maximum absolute atomic E-state index is 12.8. The third kappa shape index (κ3) is 5.14. The number of thiazole rings is 1. The molecule has 0 radical (unpaired) electrons. The van der Waals surface area contributed by atoms with Crippen LogP contribution in [0.1, 0.15) is 60.5 Å². The Bertz CT molecular complexity index is 1090. The van der Waals surface area contributed by atoms with Crippen molar-refractivity contribution in [2.45, 2.75) is 52.1 Å². The minimum atomic E-state index is -0.603. The molecule has 0 aliphatic heterocycles. The number of nitrogens with zero attached hydrogens (tertiary/aromatic N) is 1. The van der Waals surface area contributed by atoms with Crippen LogP contribution >= 0.6 is 11.3 Å². The van der Waals surface area contributed by atoms with E-state index in [1.54, 1.807) is 38.5 Å². The molecule has 0 saturated heterocycles. The normalized spacial score (nSPS) is 27.9. The standard InChI is InChI=1S/C27H37N3O5S/c1-15(24(32)28-12-13-34-4)19-10-11-27(3)14-20-22(16(2)21(27)23(19)31)29-26(36-20)30-25(33)17-6-8-18(35-5)9-7-17/h6-9,15-16,19,21,23,31H,10-14H2,1-5H3,(H,28,32)(H,29,30,33)/t15-,16-,19-,21+,23-,27+/m0/s1. The minimum Gasteiger partial charge on any atom is -0.497 e. The summed E-state index contributed by atoms with van der Waals surface area (Å²) in [5, 5.41) is 18.0. The molecular formula is C27H37N3O5S. The van der Waals surface area contributed by atoms with Crippen molar-refractivity contribution in [1.82, 2.24) is 10.3 Å². The number of carbonyl (C=O) groups is 2. The van der Waals surface area contributed by atoms with E-state index in [1.807, 2.05) is 6.92 Å². The number of aromatic nitrogens is 1. The number of aliphatic hydroxyl groups excluding tert-OH is 1. The number of rotatable bonds is 8. The molecule has 4 rings (SSSR count). The van der Waals surface area contributed by atoms with E-state index in [-0.39, 0.29) is 40.9 Å². The van der Waals surface area contributed by atoms with Crippen molar-refractivity contribution in [2.24, 2.45) is 23.2 Å². The van der Waals surface area contributed by atoms with Gasteiger partial charge < -0.3 is 19.9 Å². The van der Waals surface area contributed by atoms with Crippen LogP contribution in [0.4, 0.5) is 5.13 Å². The summed E-state index contributed by atoms with van der Waals surface area (Å²) >= 11 is 1.52. The molecule has 1 heterocycles. The van der Waals surface area contributed by atoms with Gasteiger partial charge in [0.1, 0.15) is 5.75 Å². The highest BCUT2D eigenvalue weighted by molar-refractivity contribution is 7.15. The van der Waals surface area contributed by atoms with E-state index in [0.717, 1.165) is 25.0 Å². The lowest BCUT2D eigenvalue weighted by molar-refractivity contribution is -0.135. The largest absolute Gasteiger partial charge is 0.497 e. The number of carbonyl (C=O) groups excluding carboxylic acids is 2. The van der Waals surface area contributed by atoms with E-state index >= 15 is 0 Å². The van der Waals surface area contributed by atoms with Gasteiger partial charge in [0, 0.05) is 35.9 Å². The van der Waals surface area contributed by atoms with Gasteiger partial charge in [-0.2, -0.15) is 0 Å². The van der Waals surface area contributed by atoms with Gasteiger partial charge >= 0.3 is 0 Å². The number of methoxy groups -OCH3 is 2. The van der Waals surface area contributed by atoms with Gasteiger partial charge in [0.05, 0.1) is 25.5 Å². The zero-order valence-corrected chi connectivity index (χ0v) is 22.5. The molecule has 1 saturated carbocycles. The Morgan fingerprint density at radius 3 is 2.67 bits per heavy atom. The van der Waals surface area contributed by atoms with Crippen molar-refractivity contribution in [3.63, 3.8) is 0 Å². The van der Waals surface area contributed by atoms with E-state index in [4.69, 9.17) is 14.5 Å².